The molecule has 1 aromatic carbocycles. The lowest BCUT2D eigenvalue weighted by Gasteiger charge is -2.34. The van der Waals surface area contributed by atoms with Crippen molar-refractivity contribution in [2.24, 2.45) is 13.0 Å². The first-order valence-electron chi connectivity index (χ1n) is 11.1. The number of amides is 2. The third-order valence-electron chi connectivity index (χ3n) is 6.18. The van der Waals surface area contributed by atoms with E-state index >= 15 is 0 Å². The molecular weight excluding hydrogens is 412 g/mol. The van der Waals surface area contributed by atoms with E-state index in [1.54, 1.807) is 11.6 Å². The van der Waals surface area contributed by atoms with E-state index in [4.69, 9.17) is 4.74 Å². The van der Waals surface area contributed by atoms with Crippen LogP contribution in [0.15, 0.2) is 23.0 Å². The number of nitrogens with zero attached hydrogens (tertiary/aromatic N) is 3. The number of carbonyl (C=O) groups excluding carboxylic acids is 3. The molecule has 0 radical (unpaired) electrons. The van der Waals surface area contributed by atoms with E-state index in [9.17, 15) is 19.2 Å². The lowest BCUT2D eigenvalue weighted by Crippen LogP contribution is -2.44. The van der Waals surface area contributed by atoms with Gasteiger partial charge in [-0.15, -0.1) is 0 Å². The van der Waals surface area contributed by atoms with E-state index in [1.165, 1.54) is 4.57 Å². The number of hydrogen-bond donors (Lipinski definition) is 1. The molecule has 9 heteroatoms. The molecule has 0 bridgehead atoms. The second kappa shape index (κ2) is 8.11. The zero-order valence-electron chi connectivity index (χ0n) is 19.0. The number of imidazole rings is 1. The first-order valence-corrected chi connectivity index (χ1v) is 11.1. The van der Waals surface area contributed by atoms with E-state index in [1.807, 2.05) is 39.0 Å². The zero-order valence-corrected chi connectivity index (χ0v) is 19.0. The predicted octanol–water partition coefficient (Wildman–Crippen LogP) is 1.88. The molecular formula is C23H30N4O5. The monoisotopic (exact) mass is 442 g/mol. The molecule has 4 rings (SSSR count). The summed E-state index contributed by atoms with van der Waals surface area (Å²) in [6.07, 6.45) is 1.85. The molecule has 1 atom stereocenters. The Morgan fingerprint density at radius 1 is 1.09 bits per heavy atom. The number of rotatable bonds is 3. The van der Waals surface area contributed by atoms with Gasteiger partial charge in [0.1, 0.15) is 11.6 Å². The second-order valence-corrected chi connectivity index (χ2v) is 9.62. The summed E-state index contributed by atoms with van der Waals surface area (Å²) in [5, 5.41) is 2.34. The van der Waals surface area contributed by atoms with Crippen molar-refractivity contribution in [3.8, 4) is 0 Å². The predicted molar refractivity (Wildman–Crippen MR) is 119 cm³/mol. The van der Waals surface area contributed by atoms with E-state index in [0.717, 1.165) is 11.2 Å². The van der Waals surface area contributed by atoms with Crippen molar-refractivity contribution in [2.75, 3.05) is 18.0 Å². The van der Waals surface area contributed by atoms with Crippen molar-refractivity contribution in [1.29, 1.82) is 0 Å². The van der Waals surface area contributed by atoms with E-state index in [0.29, 0.717) is 37.9 Å². The molecule has 2 saturated heterocycles. The standard InChI is InChI=1S/C23H30N4O5/c1-23(2,3)32-21(30)14-10-12-26(13-11-14)15-6-5-7-16-19(15)25(4)22(31)27(16)17-8-9-18(28)24-20(17)29/h5-7,14,17H,8-13H2,1-4H3,(H,24,28,29). The molecule has 2 fully saturated rings. The smallest absolute Gasteiger partial charge is 0.329 e. The summed E-state index contributed by atoms with van der Waals surface area (Å²) in [6.45, 7) is 6.94. The molecule has 2 amide bonds. The lowest BCUT2D eigenvalue weighted by atomic mass is 9.96. The highest BCUT2D eigenvalue weighted by Crippen LogP contribution is 2.32. The van der Waals surface area contributed by atoms with Gasteiger partial charge in [-0.1, -0.05) is 6.07 Å². The normalized spacial score (nSPS) is 20.5. The third kappa shape index (κ3) is 4.03. The van der Waals surface area contributed by atoms with Crippen molar-refractivity contribution < 1.29 is 19.1 Å². The van der Waals surface area contributed by atoms with Crippen molar-refractivity contribution in [1.82, 2.24) is 14.5 Å². The Balaban J connectivity index is 1.62. The summed E-state index contributed by atoms with van der Waals surface area (Å²) < 4.78 is 8.60. The number of hydrogen-bond acceptors (Lipinski definition) is 6. The summed E-state index contributed by atoms with van der Waals surface area (Å²) >= 11 is 0. The fourth-order valence-corrected chi connectivity index (χ4v) is 4.64. The Kier molecular flexibility index (Phi) is 5.60. The number of aryl methyl sites for hydroxylation is 1. The molecule has 1 aromatic heterocycles. The fourth-order valence-electron chi connectivity index (χ4n) is 4.64. The van der Waals surface area contributed by atoms with Gasteiger partial charge in [0.05, 0.1) is 22.6 Å². The Hall–Kier alpha value is -3.10. The Labute approximate surface area is 186 Å². The van der Waals surface area contributed by atoms with Gasteiger partial charge in [-0.3, -0.25) is 28.8 Å². The van der Waals surface area contributed by atoms with E-state index in [-0.39, 0.29) is 29.9 Å². The van der Waals surface area contributed by atoms with E-state index < -0.39 is 17.6 Å². The van der Waals surface area contributed by atoms with Crippen LogP contribution in [0.2, 0.25) is 0 Å². The topological polar surface area (TPSA) is 103 Å². The average Bonchev–Trinajstić information content (AvgIpc) is 2.98. The Bertz CT molecular complexity index is 1130. The van der Waals surface area contributed by atoms with Crippen LogP contribution in [0, 0.1) is 5.92 Å². The molecule has 3 heterocycles. The van der Waals surface area contributed by atoms with Crippen LogP contribution in [0.5, 0.6) is 0 Å². The minimum Gasteiger partial charge on any atom is -0.460 e. The van der Waals surface area contributed by atoms with Gasteiger partial charge in [0.25, 0.3) is 0 Å². The summed E-state index contributed by atoms with van der Waals surface area (Å²) in [5.74, 6) is -1.05. The number of esters is 1. The van der Waals surface area contributed by atoms with Crippen LogP contribution in [0.4, 0.5) is 5.69 Å². The Morgan fingerprint density at radius 2 is 1.78 bits per heavy atom. The van der Waals surface area contributed by atoms with Crippen LogP contribution < -0.4 is 15.9 Å². The van der Waals surface area contributed by atoms with Crippen LogP contribution in [0.25, 0.3) is 11.0 Å². The van der Waals surface area contributed by atoms with Crippen molar-refractivity contribution in [3.63, 3.8) is 0 Å². The third-order valence-corrected chi connectivity index (χ3v) is 6.18. The summed E-state index contributed by atoms with van der Waals surface area (Å²) in [4.78, 5) is 51.7. The number of nitrogens with one attached hydrogen (secondary N) is 1. The molecule has 1 unspecified atom stereocenters. The molecule has 0 aliphatic carbocycles. The van der Waals surface area contributed by atoms with Crippen LogP contribution in [-0.4, -0.2) is 45.6 Å². The average molecular weight is 443 g/mol. The molecule has 0 spiro atoms. The number of para-hydroxylation sites is 1. The largest absolute Gasteiger partial charge is 0.460 e. The van der Waals surface area contributed by atoms with Crippen molar-refractivity contribution in [3.05, 3.63) is 28.7 Å². The van der Waals surface area contributed by atoms with Gasteiger partial charge in [0, 0.05) is 26.6 Å². The van der Waals surface area contributed by atoms with Gasteiger partial charge >= 0.3 is 11.7 Å². The maximum atomic E-state index is 13.1. The van der Waals surface area contributed by atoms with Crippen molar-refractivity contribution >= 4 is 34.5 Å². The van der Waals surface area contributed by atoms with Gasteiger partial charge in [-0.05, 0) is 52.2 Å². The minimum atomic E-state index is -0.711. The maximum absolute atomic E-state index is 13.1. The summed E-state index contributed by atoms with van der Waals surface area (Å²) in [5.41, 5.74) is 1.52. The van der Waals surface area contributed by atoms with Crippen LogP contribution in [0.3, 0.4) is 0 Å². The molecule has 172 valence electrons. The summed E-state index contributed by atoms with van der Waals surface area (Å²) in [6, 6.07) is 4.96. The second-order valence-electron chi connectivity index (χ2n) is 9.62. The molecule has 2 aromatic rings. The molecule has 2 aliphatic heterocycles. The molecule has 2 aliphatic rings. The number of anilines is 1. The quantitative estimate of drug-likeness (QED) is 0.575. The molecule has 1 N–H and O–H groups in total. The number of benzene rings is 1. The van der Waals surface area contributed by atoms with Crippen LogP contribution in [0.1, 0.15) is 52.5 Å². The zero-order chi connectivity index (χ0) is 23.2. The van der Waals surface area contributed by atoms with Gasteiger partial charge in [-0.2, -0.15) is 0 Å². The lowest BCUT2D eigenvalue weighted by molar-refractivity contribution is -0.160. The van der Waals surface area contributed by atoms with Gasteiger partial charge in [0.2, 0.25) is 11.8 Å². The number of piperidine rings is 2. The van der Waals surface area contributed by atoms with Gasteiger partial charge in [-0.25, -0.2) is 4.79 Å². The van der Waals surface area contributed by atoms with Crippen molar-refractivity contribution in [2.45, 2.75) is 58.1 Å². The highest BCUT2D eigenvalue weighted by molar-refractivity contribution is 6.00. The number of fused-ring (bicyclic) bond motifs is 1. The molecule has 9 nitrogen and oxygen atoms in total. The fraction of sp³-hybridized carbons (Fsp3) is 0.565. The summed E-state index contributed by atoms with van der Waals surface area (Å²) in [7, 11) is 1.70. The number of imide groups is 1. The van der Waals surface area contributed by atoms with Crippen LogP contribution >= 0.6 is 0 Å². The highest BCUT2D eigenvalue weighted by atomic mass is 16.6. The van der Waals surface area contributed by atoms with Gasteiger partial charge in [0.15, 0.2) is 0 Å². The number of carbonyl (C=O) groups is 3. The number of aromatic nitrogens is 2. The first kappa shape index (κ1) is 22.1. The van der Waals surface area contributed by atoms with Gasteiger partial charge < -0.3 is 9.64 Å². The highest BCUT2D eigenvalue weighted by Gasteiger charge is 2.33. The molecule has 0 saturated carbocycles. The number of ether oxygens (including phenoxy) is 1. The Morgan fingerprint density at radius 3 is 2.41 bits per heavy atom. The van der Waals surface area contributed by atoms with E-state index in [2.05, 4.69) is 10.2 Å². The first-order chi connectivity index (χ1) is 15.1. The SMILES string of the molecule is Cn1c(=O)n(C2CCC(=O)NC2=O)c2cccc(N3CCC(C(=O)OC(C)(C)C)CC3)c21. The minimum absolute atomic E-state index is 0.137. The van der Waals surface area contributed by atoms with Crippen LogP contribution in [-0.2, 0) is 26.2 Å². The maximum Gasteiger partial charge on any atom is 0.329 e. The molecule has 32 heavy (non-hydrogen) atoms.